The van der Waals surface area contributed by atoms with E-state index in [4.69, 9.17) is 0 Å². The van der Waals surface area contributed by atoms with E-state index < -0.39 is 0 Å². The minimum Gasteiger partial charge on any atom is -0.315 e. The van der Waals surface area contributed by atoms with Crippen molar-refractivity contribution in [2.24, 2.45) is 0 Å². The van der Waals surface area contributed by atoms with Crippen LogP contribution >= 0.6 is 0 Å². The minimum absolute atomic E-state index is 0.146. The maximum atomic E-state index is 11.1. The molecule has 3 heteroatoms. The normalized spacial score (nSPS) is 15.4. The zero-order valence-corrected chi connectivity index (χ0v) is 6.24. The van der Waals surface area contributed by atoms with Crippen LogP contribution in [0.15, 0.2) is 18.5 Å². The molecule has 2 heterocycles. The molecule has 0 aliphatic carbocycles. The minimum atomic E-state index is 0.146. The van der Waals surface area contributed by atoms with Gasteiger partial charge < -0.3 is 4.90 Å². The first kappa shape index (κ1) is 6.34. The molecule has 1 aliphatic rings. The van der Waals surface area contributed by atoms with Gasteiger partial charge in [-0.3, -0.25) is 9.78 Å². The lowest BCUT2D eigenvalue weighted by Gasteiger charge is -2.07. The molecule has 0 spiro atoms. The first-order chi connectivity index (χ1) is 5.29. The van der Waals surface area contributed by atoms with Crippen molar-refractivity contribution in [3.63, 3.8) is 0 Å². The topological polar surface area (TPSA) is 33.2 Å². The highest BCUT2D eigenvalue weighted by molar-refractivity contribution is 6.00. The molecule has 0 N–H and O–H groups in total. The second-order valence-electron chi connectivity index (χ2n) is 2.63. The van der Waals surface area contributed by atoms with E-state index in [2.05, 4.69) is 4.98 Å². The smallest absolute Gasteiger partial charge is 0.231 e. The monoisotopic (exact) mass is 148 g/mol. The quantitative estimate of drug-likeness (QED) is 0.539. The van der Waals surface area contributed by atoms with E-state index in [0.29, 0.717) is 6.42 Å². The number of aromatic nitrogens is 1. The molecule has 56 valence electrons. The van der Waals surface area contributed by atoms with Gasteiger partial charge in [0.15, 0.2) is 0 Å². The Labute approximate surface area is 64.7 Å². The van der Waals surface area contributed by atoms with Gasteiger partial charge in [0.1, 0.15) is 0 Å². The number of amides is 1. The van der Waals surface area contributed by atoms with Crippen molar-refractivity contribution in [2.45, 2.75) is 6.42 Å². The highest BCUT2D eigenvalue weighted by Crippen LogP contribution is 2.25. The third-order valence-electron chi connectivity index (χ3n) is 1.95. The van der Waals surface area contributed by atoms with Gasteiger partial charge in [-0.05, 0) is 6.07 Å². The Balaban J connectivity index is 2.55. The predicted molar refractivity (Wildman–Crippen MR) is 41.4 cm³/mol. The van der Waals surface area contributed by atoms with E-state index in [1.807, 2.05) is 6.07 Å². The number of fused-ring (bicyclic) bond motifs is 1. The van der Waals surface area contributed by atoms with Crippen LogP contribution in [0, 0.1) is 0 Å². The average Bonchev–Trinajstić information content (AvgIpc) is 2.30. The summed E-state index contributed by atoms with van der Waals surface area (Å²) < 4.78 is 0. The third kappa shape index (κ3) is 0.808. The van der Waals surface area contributed by atoms with Crippen molar-refractivity contribution < 1.29 is 4.79 Å². The molecule has 3 nitrogen and oxygen atoms in total. The summed E-state index contributed by atoms with van der Waals surface area (Å²) in [6.45, 7) is 0. The van der Waals surface area contributed by atoms with E-state index in [0.717, 1.165) is 11.3 Å². The summed E-state index contributed by atoms with van der Waals surface area (Å²) in [5, 5.41) is 0. The first-order valence-electron chi connectivity index (χ1n) is 3.48. The van der Waals surface area contributed by atoms with Crippen LogP contribution in [-0.2, 0) is 11.2 Å². The number of hydrogen-bond acceptors (Lipinski definition) is 2. The second kappa shape index (κ2) is 2.05. The summed E-state index contributed by atoms with van der Waals surface area (Å²) in [4.78, 5) is 16.7. The average molecular weight is 148 g/mol. The number of anilines is 1. The fourth-order valence-corrected chi connectivity index (χ4v) is 1.30. The van der Waals surface area contributed by atoms with Gasteiger partial charge in [-0.1, -0.05) is 0 Å². The Morgan fingerprint density at radius 1 is 1.64 bits per heavy atom. The van der Waals surface area contributed by atoms with E-state index in [9.17, 15) is 4.79 Å². The van der Waals surface area contributed by atoms with Gasteiger partial charge in [0, 0.05) is 25.0 Å². The summed E-state index contributed by atoms with van der Waals surface area (Å²) in [6, 6.07) is 1.86. The van der Waals surface area contributed by atoms with Crippen LogP contribution in [-0.4, -0.2) is 17.9 Å². The SMILES string of the molecule is CN1C(=O)Cc2cnccc21. The number of pyridine rings is 1. The number of carbonyl (C=O) groups is 1. The molecule has 0 aromatic carbocycles. The lowest BCUT2D eigenvalue weighted by molar-refractivity contribution is -0.117. The van der Waals surface area contributed by atoms with E-state index in [1.54, 1.807) is 24.3 Å². The lowest BCUT2D eigenvalue weighted by atomic mass is 10.2. The van der Waals surface area contributed by atoms with Crippen molar-refractivity contribution in [1.82, 2.24) is 4.98 Å². The molecule has 0 saturated carbocycles. The first-order valence-corrected chi connectivity index (χ1v) is 3.48. The van der Waals surface area contributed by atoms with E-state index in [1.165, 1.54) is 0 Å². The molecule has 1 aliphatic heterocycles. The molecular weight excluding hydrogens is 140 g/mol. The standard InChI is InChI=1S/C8H8N2O/c1-10-7-2-3-9-5-6(7)4-8(10)11/h2-3,5H,4H2,1H3. The molecule has 0 atom stereocenters. The molecule has 11 heavy (non-hydrogen) atoms. The Kier molecular flexibility index (Phi) is 1.18. The fraction of sp³-hybridized carbons (Fsp3) is 0.250. The van der Waals surface area contributed by atoms with Crippen molar-refractivity contribution in [1.29, 1.82) is 0 Å². The third-order valence-corrected chi connectivity index (χ3v) is 1.95. The molecule has 2 rings (SSSR count). The highest BCUT2D eigenvalue weighted by atomic mass is 16.2. The molecule has 0 fully saturated rings. The molecule has 0 unspecified atom stereocenters. The number of rotatable bonds is 0. The summed E-state index contributed by atoms with van der Waals surface area (Å²) in [5.41, 5.74) is 2.02. The number of nitrogens with zero attached hydrogens (tertiary/aromatic N) is 2. The zero-order chi connectivity index (χ0) is 7.84. The van der Waals surface area contributed by atoms with Gasteiger partial charge in [-0.15, -0.1) is 0 Å². The largest absolute Gasteiger partial charge is 0.315 e. The van der Waals surface area contributed by atoms with Gasteiger partial charge in [0.2, 0.25) is 5.91 Å². The molecule has 1 aromatic heterocycles. The second-order valence-corrected chi connectivity index (χ2v) is 2.63. The Morgan fingerprint density at radius 3 is 3.18 bits per heavy atom. The maximum absolute atomic E-state index is 11.1. The van der Waals surface area contributed by atoms with Crippen LogP contribution in [0.5, 0.6) is 0 Å². The molecule has 1 amide bonds. The molecule has 0 saturated heterocycles. The van der Waals surface area contributed by atoms with Crippen molar-refractivity contribution >= 4 is 11.6 Å². The van der Waals surface area contributed by atoms with Crippen LogP contribution in [0.25, 0.3) is 0 Å². The molecule has 0 bridgehead atoms. The van der Waals surface area contributed by atoms with Crippen molar-refractivity contribution in [3.8, 4) is 0 Å². The predicted octanol–water partition coefficient (Wildman–Crippen LogP) is 0.600. The van der Waals surface area contributed by atoms with Crippen LogP contribution < -0.4 is 4.90 Å². The summed E-state index contributed by atoms with van der Waals surface area (Å²) >= 11 is 0. The zero-order valence-electron chi connectivity index (χ0n) is 6.24. The van der Waals surface area contributed by atoms with Gasteiger partial charge in [0.25, 0.3) is 0 Å². The Bertz CT molecular complexity index is 309. The summed E-state index contributed by atoms with van der Waals surface area (Å²) in [6.07, 6.45) is 3.95. The van der Waals surface area contributed by atoms with Gasteiger partial charge in [-0.2, -0.15) is 0 Å². The lowest BCUT2D eigenvalue weighted by Crippen LogP contribution is -2.20. The summed E-state index contributed by atoms with van der Waals surface area (Å²) in [7, 11) is 1.79. The van der Waals surface area contributed by atoms with Crippen LogP contribution in [0.3, 0.4) is 0 Å². The van der Waals surface area contributed by atoms with Gasteiger partial charge in [0.05, 0.1) is 12.1 Å². The highest BCUT2D eigenvalue weighted by Gasteiger charge is 2.22. The van der Waals surface area contributed by atoms with E-state index >= 15 is 0 Å². The Hall–Kier alpha value is -1.38. The van der Waals surface area contributed by atoms with Crippen LogP contribution in [0.1, 0.15) is 5.56 Å². The maximum Gasteiger partial charge on any atom is 0.231 e. The van der Waals surface area contributed by atoms with E-state index in [-0.39, 0.29) is 5.91 Å². The van der Waals surface area contributed by atoms with Gasteiger partial charge >= 0.3 is 0 Å². The van der Waals surface area contributed by atoms with Crippen LogP contribution in [0.4, 0.5) is 5.69 Å². The fourth-order valence-electron chi connectivity index (χ4n) is 1.30. The number of hydrogen-bond donors (Lipinski definition) is 0. The number of likely N-dealkylation sites (N-methyl/N-ethyl adjacent to an activating group) is 1. The molecular formula is C8H8N2O. The molecule has 1 aromatic rings. The van der Waals surface area contributed by atoms with Crippen molar-refractivity contribution in [2.75, 3.05) is 11.9 Å². The summed E-state index contributed by atoms with van der Waals surface area (Å²) in [5.74, 6) is 0.146. The Morgan fingerprint density at radius 2 is 2.45 bits per heavy atom. The number of carbonyl (C=O) groups excluding carboxylic acids is 1. The van der Waals surface area contributed by atoms with Crippen molar-refractivity contribution in [3.05, 3.63) is 24.0 Å². The molecule has 0 radical (unpaired) electrons. The van der Waals surface area contributed by atoms with Crippen LogP contribution in [0.2, 0.25) is 0 Å². The van der Waals surface area contributed by atoms with Gasteiger partial charge in [-0.25, -0.2) is 0 Å².